The molecular formula is C22H23N7O3. The predicted molar refractivity (Wildman–Crippen MR) is 119 cm³/mol. The number of carbonyl (C=O) groups excluding carboxylic acids is 1. The highest BCUT2D eigenvalue weighted by Crippen LogP contribution is 2.35. The minimum Gasteiger partial charge on any atom is -0.494 e. The summed E-state index contributed by atoms with van der Waals surface area (Å²) in [5.74, 6) is 1.26. The van der Waals surface area contributed by atoms with E-state index in [2.05, 4.69) is 30.3 Å². The molecule has 0 aliphatic carbocycles. The summed E-state index contributed by atoms with van der Waals surface area (Å²) in [6.07, 6.45) is 3.78. The number of methoxy groups -OCH3 is 1. The van der Waals surface area contributed by atoms with Crippen LogP contribution in [0.5, 0.6) is 5.75 Å². The van der Waals surface area contributed by atoms with E-state index < -0.39 is 11.1 Å². The van der Waals surface area contributed by atoms with Gasteiger partial charge in [-0.15, -0.1) is 0 Å². The average Bonchev–Trinajstić information content (AvgIpc) is 2.71. The molecule has 0 aromatic carbocycles. The second-order valence-electron chi connectivity index (χ2n) is 8.68. The fourth-order valence-electron chi connectivity index (χ4n) is 3.76. The Kier molecular flexibility index (Phi) is 5.10. The number of nitrogens with zero attached hydrogens (tertiary/aromatic N) is 6. The summed E-state index contributed by atoms with van der Waals surface area (Å²) in [6.45, 7) is 7.29. The van der Waals surface area contributed by atoms with E-state index in [4.69, 9.17) is 15.0 Å². The molecule has 164 valence electrons. The lowest BCUT2D eigenvalue weighted by atomic mass is 9.95. The van der Waals surface area contributed by atoms with E-state index >= 15 is 0 Å². The quantitative estimate of drug-likeness (QED) is 0.264. The van der Waals surface area contributed by atoms with E-state index in [1.807, 2.05) is 19.9 Å². The molecule has 10 nitrogen and oxygen atoms in total. The van der Waals surface area contributed by atoms with Crippen LogP contribution in [0.1, 0.15) is 49.4 Å². The molecule has 4 heterocycles. The number of fused-ring (bicyclic) bond motifs is 2. The Labute approximate surface area is 184 Å². The van der Waals surface area contributed by atoms with Crippen LogP contribution in [0.15, 0.2) is 35.7 Å². The lowest BCUT2D eigenvalue weighted by Gasteiger charge is -2.30. The molecule has 0 spiro atoms. The third-order valence-electron chi connectivity index (χ3n) is 5.24. The number of ether oxygens (including phenoxy) is 2. The fourth-order valence-corrected chi connectivity index (χ4v) is 3.76. The summed E-state index contributed by atoms with van der Waals surface area (Å²) < 4.78 is 10.9. The maximum Gasteiger partial charge on any atom is 0.340 e. The first-order valence-corrected chi connectivity index (χ1v) is 10.0. The van der Waals surface area contributed by atoms with Crippen LogP contribution in [0.3, 0.4) is 0 Å². The summed E-state index contributed by atoms with van der Waals surface area (Å²) in [6, 6.07) is 5.22. The van der Waals surface area contributed by atoms with Crippen LogP contribution in [0.2, 0.25) is 0 Å². The minimum absolute atomic E-state index is 0.373. The minimum atomic E-state index is -0.881. The van der Waals surface area contributed by atoms with Crippen LogP contribution in [0.4, 0.5) is 11.6 Å². The molecule has 10 heteroatoms. The summed E-state index contributed by atoms with van der Waals surface area (Å²) in [5, 5.41) is 8.57. The molecule has 0 bridgehead atoms. The maximum atomic E-state index is 12.2. The molecule has 1 N–H and O–H groups in total. The highest BCUT2D eigenvalue weighted by atomic mass is 16.6. The normalized spacial score (nSPS) is 14.8. The first-order valence-electron chi connectivity index (χ1n) is 10.0. The van der Waals surface area contributed by atoms with Gasteiger partial charge in [0, 0.05) is 28.3 Å². The molecule has 0 amide bonds. The van der Waals surface area contributed by atoms with Crippen LogP contribution in [0, 0.1) is 0 Å². The van der Waals surface area contributed by atoms with Crippen molar-refractivity contribution in [1.29, 1.82) is 0 Å². The Morgan fingerprint density at radius 3 is 2.72 bits per heavy atom. The summed E-state index contributed by atoms with van der Waals surface area (Å²) in [7, 11) is 1.56. The zero-order valence-corrected chi connectivity index (χ0v) is 18.5. The van der Waals surface area contributed by atoms with Gasteiger partial charge in [-0.2, -0.15) is 0 Å². The van der Waals surface area contributed by atoms with Crippen molar-refractivity contribution in [3.8, 4) is 5.75 Å². The van der Waals surface area contributed by atoms with E-state index in [1.165, 1.54) is 0 Å². The van der Waals surface area contributed by atoms with Gasteiger partial charge in [-0.1, -0.05) is 5.11 Å². The number of nitrogens with one attached hydrogen (secondary N) is 1. The van der Waals surface area contributed by atoms with Gasteiger partial charge in [0.25, 0.3) is 0 Å². The van der Waals surface area contributed by atoms with Crippen LogP contribution in [-0.2, 0) is 16.7 Å². The van der Waals surface area contributed by atoms with Crippen molar-refractivity contribution >= 4 is 28.4 Å². The summed E-state index contributed by atoms with van der Waals surface area (Å²) in [4.78, 5) is 28.7. The Hall–Kier alpha value is -3.91. The lowest BCUT2D eigenvalue weighted by molar-refractivity contribution is -0.00714. The Morgan fingerprint density at radius 1 is 1.22 bits per heavy atom. The van der Waals surface area contributed by atoms with Gasteiger partial charge in [-0.05, 0) is 51.4 Å². The molecule has 1 aliphatic rings. The van der Waals surface area contributed by atoms with Crippen molar-refractivity contribution in [2.45, 2.75) is 45.3 Å². The van der Waals surface area contributed by atoms with E-state index in [-0.39, 0.29) is 5.97 Å². The number of rotatable bonds is 5. The lowest BCUT2D eigenvalue weighted by Crippen LogP contribution is -2.36. The number of carbonyl (C=O) groups is 1. The molecule has 0 fully saturated rings. The average molecular weight is 433 g/mol. The highest BCUT2D eigenvalue weighted by molar-refractivity contribution is 5.93. The molecule has 3 aromatic rings. The molecule has 0 radical (unpaired) electrons. The van der Waals surface area contributed by atoms with Crippen molar-refractivity contribution in [2.75, 3.05) is 12.4 Å². The zero-order valence-electron chi connectivity index (χ0n) is 18.5. The molecule has 32 heavy (non-hydrogen) atoms. The number of pyridine rings is 3. The van der Waals surface area contributed by atoms with Crippen molar-refractivity contribution < 1.29 is 14.3 Å². The van der Waals surface area contributed by atoms with Gasteiger partial charge in [-0.3, -0.25) is 4.98 Å². The molecule has 0 saturated carbocycles. The van der Waals surface area contributed by atoms with E-state index in [0.29, 0.717) is 40.8 Å². The Morgan fingerprint density at radius 2 is 2.00 bits per heavy atom. The van der Waals surface area contributed by atoms with Gasteiger partial charge in [0.15, 0.2) is 0 Å². The third kappa shape index (κ3) is 3.88. The van der Waals surface area contributed by atoms with E-state index in [9.17, 15) is 4.79 Å². The van der Waals surface area contributed by atoms with Crippen LogP contribution >= 0.6 is 0 Å². The molecule has 1 aliphatic heterocycles. The molecule has 0 unspecified atom stereocenters. The second-order valence-corrected chi connectivity index (χ2v) is 8.68. The van der Waals surface area contributed by atoms with Gasteiger partial charge in [0.2, 0.25) is 0 Å². The van der Waals surface area contributed by atoms with Crippen LogP contribution in [-0.4, -0.2) is 33.6 Å². The van der Waals surface area contributed by atoms with Crippen molar-refractivity contribution in [3.63, 3.8) is 0 Å². The number of azide groups is 1. The van der Waals surface area contributed by atoms with Gasteiger partial charge in [0.1, 0.15) is 23.0 Å². The smallest absolute Gasteiger partial charge is 0.340 e. The molecular weight excluding hydrogens is 410 g/mol. The zero-order chi connectivity index (χ0) is 23.1. The second kappa shape index (κ2) is 7.65. The number of aromatic nitrogens is 3. The number of esters is 1. The summed E-state index contributed by atoms with van der Waals surface area (Å²) in [5.41, 5.74) is 9.22. The number of hydrogen-bond acceptors (Lipinski definition) is 8. The first kappa shape index (κ1) is 21.3. The SMILES string of the molecule is COc1cnc(C(C)(C)N=[N+]=[N-])c2cc(Nc3ccc4c(n3)CC(C)(C)OC4=O)ncc12. The summed E-state index contributed by atoms with van der Waals surface area (Å²) >= 11 is 0. The van der Waals surface area contributed by atoms with Gasteiger partial charge in [-0.25, -0.2) is 14.8 Å². The molecule has 0 atom stereocenters. The number of cyclic esters (lactones) is 1. The fraction of sp³-hybridized carbons (Fsp3) is 0.364. The largest absolute Gasteiger partial charge is 0.494 e. The van der Waals surface area contributed by atoms with Crippen LogP contribution in [0.25, 0.3) is 21.2 Å². The maximum absolute atomic E-state index is 12.2. The standard InChI is InChI=1S/C22H23N7O3/c1-21(2)9-15-12(20(30)32-21)6-7-17(26-15)27-18-8-13-14(10-24-18)16(31-5)11-25-19(13)22(3,4)28-29-23/h6-8,10-11H,9H2,1-5H3,(H,24,26,27). The van der Waals surface area contributed by atoms with E-state index in [1.54, 1.807) is 45.5 Å². The van der Waals surface area contributed by atoms with Gasteiger partial charge >= 0.3 is 5.97 Å². The monoisotopic (exact) mass is 433 g/mol. The van der Waals surface area contributed by atoms with Crippen molar-refractivity contribution in [3.05, 3.63) is 58.0 Å². The first-order chi connectivity index (χ1) is 15.1. The highest BCUT2D eigenvalue weighted by Gasteiger charge is 2.33. The predicted octanol–water partition coefficient (Wildman–Crippen LogP) is 4.81. The molecule has 4 rings (SSSR count). The number of hydrogen-bond donors (Lipinski definition) is 1. The van der Waals surface area contributed by atoms with E-state index in [0.717, 1.165) is 10.8 Å². The van der Waals surface area contributed by atoms with Crippen LogP contribution < -0.4 is 10.1 Å². The van der Waals surface area contributed by atoms with Gasteiger partial charge in [0.05, 0.1) is 35.8 Å². The van der Waals surface area contributed by atoms with Crippen molar-refractivity contribution in [2.24, 2.45) is 5.11 Å². The molecule has 3 aromatic heterocycles. The van der Waals surface area contributed by atoms with Gasteiger partial charge < -0.3 is 14.8 Å². The molecule has 0 saturated heterocycles. The Balaban J connectivity index is 1.76. The Bertz CT molecular complexity index is 1280. The third-order valence-corrected chi connectivity index (χ3v) is 5.24. The van der Waals surface area contributed by atoms with Crippen molar-refractivity contribution in [1.82, 2.24) is 15.0 Å². The number of anilines is 2. The topological polar surface area (TPSA) is 135 Å².